The average Bonchev–Trinajstić information content (AvgIpc) is 2.56. The van der Waals surface area contributed by atoms with E-state index < -0.39 is 0 Å². The molecule has 1 heterocycles. The van der Waals surface area contributed by atoms with E-state index in [4.69, 9.17) is 0 Å². The molecule has 0 bridgehead atoms. The van der Waals surface area contributed by atoms with Crippen LogP contribution in [0.25, 0.3) is 10.9 Å². The molecule has 0 aliphatic heterocycles. The highest BCUT2D eigenvalue weighted by atomic mass is 16.2. The van der Waals surface area contributed by atoms with E-state index in [2.05, 4.69) is 10.3 Å². The Morgan fingerprint density at radius 1 is 1.09 bits per heavy atom. The van der Waals surface area contributed by atoms with Gasteiger partial charge in [0.05, 0.1) is 0 Å². The SMILES string of the molecule is Cc1ccc(CCNC(=O)c2cc3ccccc3[nH]c2=O)cc1. The summed E-state index contributed by atoms with van der Waals surface area (Å²) in [6, 6.07) is 17.2. The van der Waals surface area contributed by atoms with Crippen LogP contribution in [-0.2, 0) is 6.42 Å². The van der Waals surface area contributed by atoms with Crippen LogP contribution in [0.1, 0.15) is 21.5 Å². The first-order chi connectivity index (χ1) is 11.1. The van der Waals surface area contributed by atoms with Gasteiger partial charge < -0.3 is 10.3 Å². The molecule has 2 aromatic carbocycles. The van der Waals surface area contributed by atoms with Crippen LogP contribution in [0.15, 0.2) is 59.4 Å². The van der Waals surface area contributed by atoms with E-state index in [1.807, 2.05) is 55.5 Å². The zero-order valence-electron chi connectivity index (χ0n) is 12.9. The monoisotopic (exact) mass is 306 g/mol. The summed E-state index contributed by atoms with van der Waals surface area (Å²) >= 11 is 0. The van der Waals surface area contributed by atoms with Crippen molar-refractivity contribution in [2.75, 3.05) is 6.54 Å². The van der Waals surface area contributed by atoms with Crippen molar-refractivity contribution in [3.8, 4) is 0 Å². The minimum atomic E-state index is -0.364. The highest BCUT2D eigenvalue weighted by Gasteiger charge is 2.11. The molecule has 0 radical (unpaired) electrons. The maximum Gasteiger partial charge on any atom is 0.261 e. The molecular formula is C19H18N2O2. The van der Waals surface area contributed by atoms with E-state index in [0.29, 0.717) is 6.54 Å². The fourth-order valence-corrected chi connectivity index (χ4v) is 2.49. The molecule has 0 saturated heterocycles. The number of aromatic amines is 1. The lowest BCUT2D eigenvalue weighted by molar-refractivity contribution is 0.0953. The molecule has 116 valence electrons. The highest BCUT2D eigenvalue weighted by Crippen LogP contribution is 2.10. The van der Waals surface area contributed by atoms with Gasteiger partial charge in [0.2, 0.25) is 0 Å². The number of carbonyl (C=O) groups excluding carboxylic acids is 1. The predicted molar refractivity (Wildman–Crippen MR) is 91.8 cm³/mol. The topological polar surface area (TPSA) is 62.0 Å². The number of H-pyrrole nitrogens is 1. The fourth-order valence-electron chi connectivity index (χ4n) is 2.49. The summed E-state index contributed by atoms with van der Waals surface area (Å²) in [5.41, 5.74) is 2.88. The number of nitrogens with one attached hydrogen (secondary N) is 2. The molecule has 0 aliphatic carbocycles. The quantitative estimate of drug-likeness (QED) is 0.778. The number of fused-ring (bicyclic) bond motifs is 1. The number of aryl methyl sites for hydroxylation is 1. The first-order valence-electron chi connectivity index (χ1n) is 7.59. The van der Waals surface area contributed by atoms with E-state index in [1.165, 1.54) is 5.56 Å². The zero-order chi connectivity index (χ0) is 16.2. The summed E-state index contributed by atoms with van der Waals surface area (Å²) < 4.78 is 0. The second kappa shape index (κ2) is 6.48. The second-order valence-electron chi connectivity index (χ2n) is 5.59. The summed E-state index contributed by atoms with van der Waals surface area (Å²) in [4.78, 5) is 27.0. The molecule has 0 aliphatic rings. The standard InChI is InChI=1S/C19H18N2O2/c1-13-6-8-14(9-7-13)10-11-20-18(22)16-12-15-4-2-3-5-17(15)21-19(16)23/h2-9,12H,10-11H2,1H3,(H,20,22)(H,21,23). The Labute approximate surface area is 134 Å². The molecular weight excluding hydrogens is 288 g/mol. The van der Waals surface area contributed by atoms with Crippen LogP contribution in [0.2, 0.25) is 0 Å². The lowest BCUT2D eigenvalue weighted by atomic mass is 10.1. The van der Waals surface area contributed by atoms with Crippen LogP contribution in [0, 0.1) is 6.92 Å². The van der Waals surface area contributed by atoms with Crippen molar-refractivity contribution in [2.45, 2.75) is 13.3 Å². The first kappa shape index (κ1) is 15.0. The number of pyridine rings is 1. The van der Waals surface area contributed by atoms with Crippen molar-refractivity contribution in [3.63, 3.8) is 0 Å². The Morgan fingerprint density at radius 3 is 2.61 bits per heavy atom. The lowest BCUT2D eigenvalue weighted by Crippen LogP contribution is -2.31. The normalized spacial score (nSPS) is 10.7. The number of para-hydroxylation sites is 1. The Morgan fingerprint density at radius 2 is 1.83 bits per heavy atom. The highest BCUT2D eigenvalue weighted by molar-refractivity contribution is 5.97. The van der Waals surface area contributed by atoms with Crippen molar-refractivity contribution >= 4 is 16.8 Å². The molecule has 3 aromatic rings. The zero-order valence-corrected chi connectivity index (χ0v) is 12.9. The van der Waals surface area contributed by atoms with E-state index >= 15 is 0 Å². The van der Waals surface area contributed by atoms with E-state index in [9.17, 15) is 9.59 Å². The lowest BCUT2D eigenvalue weighted by Gasteiger charge is -2.06. The molecule has 1 amide bonds. The number of amides is 1. The third-order valence-corrected chi connectivity index (χ3v) is 3.82. The number of aromatic nitrogens is 1. The third kappa shape index (κ3) is 3.48. The number of hydrogen-bond donors (Lipinski definition) is 2. The van der Waals surface area contributed by atoms with Gasteiger partial charge in [0.15, 0.2) is 0 Å². The summed E-state index contributed by atoms with van der Waals surface area (Å²) in [6.07, 6.45) is 0.734. The van der Waals surface area contributed by atoms with E-state index in [1.54, 1.807) is 6.07 Å². The van der Waals surface area contributed by atoms with Gasteiger partial charge in [-0.15, -0.1) is 0 Å². The van der Waals surface area contributed by atoms with Crippen LogP contribution in [-0.4, -0.2) is 17.4 Å². The Balaban J connectivity index is 1.69. The Bertz CT molecular complexity index is 895. The van der Waals surface area contributed by atoms with Crippen LogP contribution >= 0.6 is 0 Å². The minimum absolute atomic E-state index is 0.146. The molecule has 0 saturated carbocycles. The molecule has 23 heavy (non-hydrogen) atoms. The maximum atomic E-state index is 12.2. The summed E-state index contributed by atoms with van der Waals surface area (Å²) in [5, 5.41) is 3.65. The number of benzene rings is 2. The van der Waals surface area contributed by atoms with Gasteiger partial charge in [-0.3, -0.25) is 9.59 Å². The molecule has 0 spiro atoms. The molecule has 4 nitrogen and oxygen atoms in total. The van der Waals surface area contributed by atoms with Crippen molar-refractivity contribution < 1.29 is 4.79 Å². The number of rotatable bonds is 4. The number of carbonyl (C=O) groups is 1. The van der Waals surface area contributed by atoms with Gasteiger partial charge in [-0.1, -0.05) is 48.0 Å². The van der Waals surface area contributed by atoms with Gasteiger partial charge in [-0.25, -0.2) is 0 Å². The molecule has 0 atom stereocenters. The van der Waals surface area contributed by atoms with Crippen LogP contribution in [0.4, 0.5) is 0 Å². The predicted octanol–water partition coefficient (Wildman–Crippen LogP) is 2.81. The van der Waals surface area contributed by atoms with Crippen molar-refractivity contribution in [2.24, 2.45) is 0 Å². The molecule has 3 rings (SSSR count). The van der Waals surface area contributed by atoms with Crippen molar-refractivity contribution in [3.05, 3.63) is 81.6 Å². The van der Waals surface area contributed by atoms with Crippen LogP contribution < -0.4 is 10.9 Å². The van der Waals surface area contributed by atoms with E-state index in [-0.39, 0.29) is 17.0 Å². The third-order valence-electron chi connectivity index (χ3n) is 3.82. The van der Waals surface area contributed by atoms with Gasteiger partial charge in [-0.05, 0) is 36.4 Å². The molecule has 0 fully saturated rings. The van der Waals surface area contributed by atoms with Gasteiger partial charge >= 0.3 is 0 Å². The van der Waals surface area contributed by atoms with Crippen molar-refractivity contribution in [1.82, 2.24) is 10.3 Å². The second-order valence-corrected chi connectivity index (χ2v) is 5.59. The smallest absolute Gasteiger partial charge is 0.261 e. The summed E-state index contributed by atoms with van der Waals surface area (Å²) in [7, 11) is 0. The van der Waals surface area contributed by atoms with Gasteiger partial charge in [0.25, 0.3) is 11.5 Å². The molecule has 4 heteroatoms. The number of hydrogen-bond acceptors (Lipinski definition) is 2. The van der Waals surface area contributed by atoms with Crippen LogP contribution in [0.5, 0.6) is 0 Å². The molecule has 0 unspecified atom stereocenters. The maximum absolute atomic E-state index is 12.2. The largest absolute Gasteiger partial charge is 0.352 e. The fraction of sp³-hybridized carbons (Fsp3) is 0.158. The van der Waals surface area contributed by atoms with Crippen molar-refractivity contribution in [1.29, 1.82) is 0 Å². The summed E-state index contributed by atoms with van der Waals surface area (Å²) in [5.74, 6) is -0.343. The molecule has 2 N–H and O–H groups in total. The minimum Gasteiger partial charge on any atom is -0.352 e. The molecule has 1 aromatic heterocycles. The Kier molecular flexibility index (Phi) is 4.24. The summed E-state index contributed by atoms with van der Waals surface area (Å²) in [6.45, 7) is 2.53. The van der Waals surface area contributed by atoms with Crippen LogP contribution in [0.3, 0.4) is 0 Å². The van der Waals surface area contributed by atoms with Gasteiger partial charge in [0.1, 0.15) is 5.56 Å². The Hall–Kier alpha value is -2.88. The average molecular weight is 306 g/mol. The van der Waals surface area contributed by atoms with Gasteiger partial charge in [0, 0.05) is 12.1 Å². The first-order valence-corrected chi connectivity index (χ1v) is 7.59. The van der Waals surface area contributed by atoms with Gasteiger partial charge in [-0.2, -0.15) is 0 Å². The van der Waals surface area contributed by atoms with E-state index in [0.717, 1.165) is 22.9 Å².